The third-order valence-electron chi connectivity index (χ3n) is 3.93. The van der Waals surface area contributed by atoms with Gasteiger partial charge in [-0.2, -0.15) is 8.42 Å². The van der Waals surface area contributed by atoms with E-state index in [4.69, 9.17) is 14.0 Å². The van der Waals surface area contributed by atoms with Crippen LogP contribution in [0.15, 0.2) is 0 Å². The summed E-state index contributed by atoms with van der Waals surface area (Å²) in [6.07, 6.45) is -0.213. The second-order valence-corrected chi connectivity index (χ2v) is 8.68. The highest BCUT2D eigenvalue weighted by Gasteiger charge is 2.48. The second kappa shape index (κ2) is 11.2. The fourth-order valence-electron chi connectivity index (χ4n) is 2.64. The van der Waals surface area contributed by atoms with Crippen LogP contribution in [0.25, 0.3) is 0 Å². The van der Waals surface area contributed by atoms with Crippen molar-refractivity contribution in [1.29, 1.82) is 0 Å². The van der Waals surface area contributed by atoms with E-state index in [1.54, 1.807) is 0 Å². The molecule has 1 rings (SSSR count). The van der Waals surface area contributed by atoms with Crippen molar-refractivity contribution in [2.24, 2.45) is 5.92 Å². The van der Waals surface area contributed by atoms with E-state index in [0.717, 1.165) is 6.42 Å². The van der Waals surface area contributed by atoms with Gasteiger partial charge in [0.15, 0.2) is 5.25 Å². The van der Waals surface area contributed by atoms with Gasteiger partial charge in [-0.3, -0.25) is 18.9 Å². The molecule has 0 aromatic rings. The molecule has 29 heavy (non-hydrogen) atoms. The number of nitrogens with zero attached hydrogens (tertiary/aromatic N) is 1. The first-order valence-electron chi connectivity index (χ1n) is 9.23. The Kier molecular flexibility index (Phi) is 9.66. The molecule has 166 valence electrons. The molecule has 2 atom stereocenters. The number of esters is 1. The van der Waals surface area contributed by atoms with E-state index in [1.165, 1.54) is 0 Å². The van der Waals surface area contributed by atoms with Gasteiger partial charge in [-0.25, -0.2) is 4.79 Å². The van der Waals surface area contributed by atoms with Crippen molar-refractivity contribution in [3.63, 3.8) is 0 Å². The maximum absolute atomic E-state index is 11.7. The highest BCUT2D eigenvalue weighted by molar-refractivity contribution is 7.87. The van der Waals surface area contributed by atoms with E-state index in [2.05, 4.69) is 18.7 Å². The van der Waals surface area contributed by atoms with Gasteiger partial charge in [0.1, 0.15) is 6.61 Å². The molecule has 1 aliphatic heterocycles. The van der Waals surface area contributed by atoms with Crippen LogP contribution in [-0.2, 0) is 43.6 Å². The van der Waals surface area contributed by atoms with Gasteiger partial charge in [0.25, 0.3) is 21.9 Å². The number of ether oxygens (including phenoxy) is 2. The average Bonchev–Trinajstić information content (AvgIpc) is 2.86. The number of amides is 2. The summed E-state index contributed by atoms with van der Waals surface area (Å²) in [5, 5.41) is -1.96. The lowest BCUT2D eigenvalue weighted by atomic mass is 10.1. The molecule has 2 unspecified atom stereocenters. The first-order chi connectivity index (χ1) is 13.4. The summed E-state index contributed by atoms with van der Waals surface area (Å²) in [5.74, 6) is -3.44. The Morgan fingerprint density at radius 2 is 1.76 bits per heavy atom. The molecule has 11 nitrogen and oxygen atoms in total. The van der Waals surface area contributed by atoms with Crippen LogP contribution >= 0.6 is 0 Å². The molecular formula is C17H27NO10S. The maximum Gasteiger partial charge on any atom is 0.333 e. The smallest absolute Gasteiger partial charge is 0.333 e. The Morgan fingerprint density at radius 3 is 2.31 bits per heavy atom. The third kappa shape index (κ3) is 8.88. The zero-order valence-corrected chi connectivity index (χ0v) is 17.5. The minimum Gasteiger partial charge on any atom is -0.463 e. The van der Waals surface area contributed by atoms with E-state index in [-0.39, 0.29) is 43.6 Å². The molecule has 0 saturated carbocycles. The van der Waals surface area contributed by atoms with Gasteiger partial charge < -0.3 is 14.3 Å². The molecule has 0 aliphatic carbocycles. The van der Waals surface area contributed by atoms with Crippen molar-refractivity contribution in [3.8, 4) is 0 Å². The van der Waals surface area contributed by atoms with Crippen molar-refractivity contribution < 1.29 is 46.5 Å². The van der Waals surface area contributed by atoms with Crippen LogP contribution in [-0.4, -0.2) is 66.4 Å². The summed E-state index contributed by atoms with van der Waals surface area (Å²) in [6.45, 7) is 6.43. The molecule has 0 radical (unpaired) electrons. The molecule has 1 N–H and O–H groups in total. The molecule has 0 spiro atoms. The van der Waals surface area contributed by atoms with Gasteiger partial charge in [0, 0.05) is 12.8 Å². The van der Waals surface area contributed by atoms with Crippen molar-refractivity contribution in [3.05, 3.63) is 0 Å². The lowest BCUT2D eigenvalue weighted by molar-refractivity contribution is -0.197. The van der Waals surface area contributed by atoms with Crippen LogP contribution in [0.4, 0.5) is 0 Å². The second-order valence-electron chi connectivity index (χ2n) is 7.08. The molecule has 0 bridgehead atoms. The molecule has 0 aromatic heterocycles. The molecule has 1 aliphatic rings. The molecule has 1 heterocycles. The topological polar surface area (TPSA) is 154 Å². The van der Waals surface area contributed by atoms with Gasteiger partial charge in [0.2, 0.25) is 0 Å². The molecular weight excluding hydrogens is 410 g/mol. The molecule has 12 heteroatoms. The van der Waals surface area contributed by atoms with E-state index < -0.39 is 45.5 Å². The SMILES string of the molecule is CC(C)CC(C)OCCOC(=O)CCCC(=O)ON1C(=O)CC(S(=O)(=O)O)C1=O. The van der Waals surface area contributed by atoms with Crippen molar-refractivity contribution in [2.75, 3.05) is 13.2 Å². The minimum atomic E-state index is -4.78. The quantitative estimate of drug-likeness (QED) is 0.199. The fourth-order valence-corrected chi connectivity index (χ4v) is 3.35. The largest absolute Gasteiger partial charge is 0.463 e. The van der Waals surface area contributed by atoms with Gasteiger partial charge in [-0.15, -0.1) is 5.06 Å². The number of imide groups is 1. The number of rotatable bonds is 12. The highest BCUT2D eigenvalue weighted by atomic mass is 32.2. The van der Waals surface area contributed by atoms with E-state index in [1.807, 2.05) is 6.92 Å². The third-order valence-corrected chi connectivity index (χ3v) is 5.02. The monoisotopic (exact) mass is 437 g/mol. The van der Waals surface area contributed by atoms with E-state index in [0.29, 0.717) is 5.92 Å². The fraction of sp³-hybridized carbons (Fsp3) is 0.765. The lowest BCUT2D eigenvalue weighted by Gasteiger charge is -2.15. The Hall–Kier alpha value is -2.05. The van der Waals surface area contributed by atoms with Crippen LogP contribution in [0.5, 0.6) is 0 Å². The minimum absolute atomic E-state index is 0.0226. The van der Waals surface area contributed by atoms with Gasteiger partial charge in [-0.1, -0.05) is 13.8 Å². The Morgan fingerprint density at radius 1 is 1.14 bits per heavy atom. The van der Waals surface area contributed by atoms with Gasteiger partial charge in [0.05, 0.1) is 19.1 Å². The summed E-state index contributed by atoms with van der Waals surface area (Å²) < 4.78 is 41.4. The number of carbonyl (C=O) groups is 4. The predicted molar refractivity (Wildman–Crippen MR) is 97.6 cm³/mol. The number of hydrogen-bond donors (Lipinski definition) is 1. The van der Waals surface area contributed by atoms with E-state index >= 15 is 0 Å². The van der Waals surface area contributed by atoms with Crippen LogP contribution < -0.4 is 0 Å². The standard InChI is InChI=1S/C17H27NO10S/c1-11(2)9-12(3)26-7-8-27-15(20)5-4-6-16(21)28-18-14(19)10-13(17(18)22)29(23,24)25/h11-13H,4-10H2,1-3H3,(H,23,24,25). The van der Waals surface area contributed by atoms with Gasteiger partial charge >= 0.3 is 11.9 Å². The molecule has 1 fully saturated rings. The molecule has 0 aromatic carbocycles. The summed E-state index contributed by atoms with van der Waals surface area (Å²) in [6, 6.07) is 0. The van der Waals surface area contributed by atoms with Crippen molar-refractivity contribution >= 4 is 33.9 Å². The lowest BCUT2D eigenvalue weighted by Crippen LogP contribution is -2.36. The van der Waals surface area contributed by atoms with Gasteiger partial charge in [-0.05, 0) is 25.7 Å². The normalized spacial score (nSPS) is 18.2. The number of hydrogen-bond acceptors (Lipinski definition) is 9. The number of hydroxylamine groups is 2. The zero-order chi connectivity index (χ0) is 22.2. The zero-order valence-electron chi connectivity index (χ0n) is 16.7. The Bertz CT molecular complexity index is 718. The van der Waals surface area contributed by atoms with Crippen molar-refractivity contribution in [2.45, 2.75) is 64.2 Å². The van der Waals surface area contributed by atoms with Crippen LogP contribution in [0.2, 0.25) is 0 Å². The molecule has 2 amide bonds. The maximum atomic E-state index is 11.7. The summed E-state index contributed by atoms with van der Waals surface area (Å²) in [7, 11) is -4.78. The first-order valence-corrected chi connectivity index (χ1v) is 10.7. The summed E-state index contributed by atoms with van der Waals surface area (Å²) in [4.78, 5) is 51.2. The average molecular weight is 437 g/mol. The number of carbonyl (C=O) groups excluding carboxylic acids is 4. The van der Waals surface area contributed by atoms with Crippen molar-refractivity contribution in [1.82, 2.24) is 5.06 Å². The predicted octanol–water partition coefficient (Wildman–Crippen LogP) is 0.625. The highest BCUT2D eigenvalue weighted by Crippen LogP contribution is 2.20. The Labute approximate surface area is 169 Å². The van der Waals surface area contributed by atoms with Crippen LogP contribution in [0.3, 0.4) is 0 Å². The summed E-state index contributed by atoms with van der Waals surface area (Å²) >= 11 is 0. The van der Waals surface area contributed by atoms with Crippen LogP contribution in [0.1, 0.15) is 52.9 Å². The summed E-state index contributed by atoms with van der Waals surface area (Å²) in [5.41, 5.74) is 0. The Balaban J connectivity index is 2.24. The first kappa shape index (κ1) is 25.0. The van der Waals surface area contributed by atoms with E-state index in [9.17, 15) is 27.6 Å². The molecule has 1 saturated heterocycles. The van der Waals surface area contributed by atoms with Crippen LogP contribution in [0, 0.1) is 5.92 Å².